The van der Waals surface area contributed by atoms with E-state index in [1.807, 2.05) is 0 Å². The summed E-state index contributed by atoms with van der Waals surface area (Å²) in [4.78, 5) is 73.4. The molecule has 0 amide bonds. The lowest BCUT2D eigenvalue weighted by molar-refractivity contribution is -0.161. The Morgan fingerprint density at radius 1 is 0.264 bits per heavy atom. The highest BCUT2D eigenvalue weighted by molar-refractivity contribution is 7.47. The van der Waals surface area contributed by atoms with E-state index in [-0.39, 0.29) is 25.7 Å². The second-order valence-corrected chi connectivity index (χ2v) is 36.8. The molecule has 0 aromatic carbocycles. The van der Waals surface area contributed by atoms with Crippen molar-refractivity contribution >= 4 is 39.5 Å². The molecule has 654 valence electrons. The van der Waals surface area contributed by atoms with E-state index in [4.69, 9.17) is 37.0 Å². The van der Waals surface area contributed by atoms with Crippen LogP contribution in [0.5, 0.6) is 0 Å². The molecule has 6 atom stereocenters. The molecule has 0 aliphatic carbocycles. The van der Waals surface area contributed by atoms with Crippen molar-refractivity contribution in [3.63, 3.8) is 0 Å². The van der Waals surface area contributed by atoms with Crippen molar-refractivity contribution in [2.75, 3.05) is 39.6 Å². The summed E-state index contributed by atoms with van der Waals surface area (Å²) in [5.41, 5.74) is 0. The van der Waals surface area contributed by atoms with Crippen molar-refractivity contribution in [1.82, 2.24) is 0 Å². The molecule has 3 unspecified atom stereocenters. The van der Waals surface area contributed by atoms with E-state index in [0.717, 1.165) is 108 Å². The molecule has 0 radical (unpaired) electrons. The lowest BCUT2D eigenvalue weighted by Gasteiger charge is -2.21. The molecule has 0 aromatic rings. The molecule has 0 aliphatic heterocycles. The zero-order valence-corrected chi connectivity index (χ0v) is 74.5. The van der Waals surface area contributed by atoms with Gasteiger partial charge in [-0.25, -0.2) is 9.13 Å². The number of carbonyl (C=O) groups excluding carboxylic acids is 4. The van der Waals surface area contributed by atoms with Crippen LogP contribution in [0.25, 0.3) is 0 Å². The molecule has 110 heavy (non-hydrogen) atoms. The van der Waals surface area contributed by atoms with E-state index in [1.54, 1.807) is 0 Å². The number of hydrogen-bond acceptors (Lipinski definition) is 15. The summed E-state index contributed by atoms with van der Waals surface area (Å²) < 4.78 is 69.1. The first kappa shape index (κ1) is 108. The van der Waals surface area contributed by atoms with Gasteiger partial charge in [0.1, 0.15) is 19.3 Å². The standard InChI is InChI=1S/C91H178O17P2/c1-8-10-11-12-13-14-15-16-25-33-38-45-53-60-67-74-90(95)108-87(79-102-89(94)73-66-59-52-47-40-42-49-56-63-70-83(5)6)81-106-110(99,100)104-77-85(92)76-103-109(97,98)105-80-86(78-101-88(93)72-65-58-51-44-37-32-28-23-19-17-21-26-30-35-41-48-55-62-69-82(3)4)107-91(96)75-68-61-54-46-39-34-29-24-20-18-22-27-31-36-43-50-57-64-71-84(7)9-2/h82-87,92H,8-81H2,1-7H3,(H,97,98)(H,99,100)/t84?,85-,86-,87-/m1/s1. The molecule has 19 heteroatoms. The van der Waals surface area contributed by atoms with Crippen LogP contribution in [0.3, 0.4) is 0 Å². The van der Waals surface area contributed by atoms with Crippen molar-refractivity contribution in [3.8, 4) is 0 Å². The van der Waals surface area contributed by atoms with Gasteiger partial charge >= 0.3 is 39.5 Å². The summed E-state index contributed by atoms with van der Waals surface area (Å²) in [7, 11) is -9.94. The molecule has 3 N–H and O–H groups in total. The van der Waals surface area contributed by atoms with Crippen LogP contribution in [-0.2, 0) is 65.4 Å². The summed E-state index contributed by atoms with van der Waals surface area (Å²) in [6.45, 7) is 12.1. The van der Waals surface area contributed by atoms with Gasteiger partial charge < -0.3 is 33.8 Å². The molecule has 0 bridgehead atoms. The molecule has 0 rings (SSSR count). The van der Waals surface area contributed by atoms with Gasteiger partial charge in [0.25, 0.3) is 0 Å². The Hall–Kier alpha value is -1.94. The Labute approximate surface area is 677 Å². The van der Waals surface area contributed by atoms with Crippen molar-refractivity contribution in [3.05, 3.63) is 0 Å². The number of hydrogen-bond donors (Lipinski definition) is 3. The van der Waals surface area contributed by atoms with Crippen LogP contribution in [0.15, 0.2) is 0 Å². The number of phosphoric acid groups is 2. The van der Waals surface area contributed by atoms with Crippen LogP contribution in [0.4, 0.5) is 0 Å². The minimum atomic E-state index is -4.97. The Kier molecular flexibility index (Phi) is 79.4. The largest absolute Gasteiger partial charge is 0.472 e. The monoisotopic (exact) mass is 1610 g/mol. The average Bonchev–Trinajstić information content (AvgIpc) is 0.901. The molecule has 17 nitrogen and oxygen atoms in total. The maximum absolute atomic E-state index is 13.2. The van der Waals surface area contributed by atoms with E-state index in [1.165, 1.54) is 295 Å². The van der Waals surface area contributed by atoms with Gasteiger partial charge in [-0.05, 0) is 43.4 Å². The van der Waals surface area contributed by atoms with Crippen LogP contribution < -0.4 is 0 Å². The second kappa shape index (κ2) is 80.8. The number of carbonyl (C=O) groups is 4. The Balaban J connectivity index is 5.24. The van der Waals surface area contributed by atoms with Crippen molar-refractivity contribution in [2.24, 2.45) is 17.8 Å². The number of aliphatic hydroxyl groups excluding tert-OH is 1. The third-order valence-electron chi connectivity index (χ3n) is 21.7. The quantitative estimate of drug-likeness (QED) is 0.0222. The summed E-state index contributed by atoms with van der Waals surface area (Å²) >= 11 is 0. The molecule has 0 aromatic heterocycles. The second-order valence-electron chi connectivity index (χ2n) is 33.9. The number of rotatable bonds is 89. The van der Waals surface area contributed by atoms with Gasteiger partial charge in [-0.3, -0.25) is 37.3 Å². The molecular formula is C91H178O17P2. The third kappa shape index (κ3) is 82.6. The predicted octanol–water partition coefficient (Wildman–Crippen LogP) is 28.0. The van der Waals surface area contributed by atoms with Crippen LogP contribution in [0.1, 0.15) is 485 Å². The molecule has 0 saturated heterocycles. The highest BCUT2D eigenvalue weighted by Crippen LogP contribution is 2.45. The van der Waals surface area contributed by atoms with E-state index < -0.39 is 97.5 Å². The smallest absolute Gasteiger partial charge is 0.462 e. The Bertz CT molecular complexity index is 2120. The van der Waals surface area contributed by atoms with Crippen molar-refractivity contribution in [1.29, 1.82) is 0 Å². The van der Waals surface area contributed by atoms with Crippen molar-refractivity contribution < 1.29 is 80.2 Å². The number of aliphatic hydroxyl groups is 1. The first-order valence-corrected chi connectivity index (χ1v) is 49.9. The molecule has 0 saturated carbocycles. The molecule has 0 aliphatic rings. The van der Waals surface area contributed by atoms with Gasteiger partial charge in [-0.15, -0.1) is 0 Å². The van der Waals surface area contributed by atoms with Crippen LogP contribution >= 0.6 is 15.6 Å². The predicted molar refractivity (Wildman–Crippen MR) is 455 cm³/mol. The number of esters is 4. The summed E-state index contributed by atoms with van der Waals surface area (Å²) in [5.74, 6) is 0.340. The zero-order valence-electron chi connectivity index (χ0n) is 72.7. The fourth-order valence-corrected chi connectivity index (χ4v) is 15.8. The summed E-state index contributed by atoms with van der Waals surface area (Å²) in [6, 6.07) is 0. The molecular weight excluding hydrogens is 1430 g/mol. The molecule has 0 heterocycles. The van der Waals surface area contributed by atoms with Gasteiger partial charge in [0.15, 0.2) is 12.2 Å². The fourth-order valence-electron chi connectivity index (χ4n) is 14.2. The lowest BCUT2D eigenvalue weighted by atomic mass is 9.99. The van der Waals surface area contributed by atoms with Crippen LogP contribution in [-0.4, -0.2) is 96.7 Å². The SMILES string of the molecule is CCCCCCCCCCCCCCCCCC(=O)O[C@H](COC(=O)CCCCCCCCCCCC(C)C)COP(=O)(O)OC[C@H](O)COP(=O)(O)OC[C@@H](COC(=O)CCCCCCCCCCCCCCCCCCCCC(C)C)OC(=O)CCCCCCCCCCCCCCCCCCCCC(C)CC. The minimum Gasteiger partial charge on any atom is -0.462 e. The van der Waals surface area contributed by atoms with Gasteiger partial charge in [0.2, 0.25) is 0 Å². The normalized spacial score (nSPS) is 14.0. The molecule has 0 spiro atoms. The van der Waals surface area contributed by atoms with Gasteiger partial charge in [0.05, 0.1) is 26.4 Å². The third-order valence-corrected chi connectivity index (χ3v) is 23.6. The van der Waals surface area contributed by atoms with E-state index >= 15 is 0 Å². The van der Waals surface area contributed by atoms with Crippen LogP contribution in [0, 0.1) is 17.8 Å². The summed E-state index contributed by atoms with van der Waals surface area (Å²) in [6.07, 6.45) is 73.6. The Morgan fingerprint density at radius 2 is 0.464 bits per heavy atom. The van der Waals surface area contributed by atoms with Crippen LogP contribution in [0.2, 0.25) is 0 Å². The summed E-state index contributed by atoms with van der Waals surface area (Å²) in [5, 5.41) is 10.7. The maximum atomic E-state index is 13.2. The fraction of sp³-hybridized carbons (Fsp3) is 0.956. The van der Waals surface area contributed by atoms with Crippen molar-refractivity contribution in [2.45, 2.75) is 503 Å². The first-order valence-electron chi connectivity index (χ1n) is 46.9. The van der Waals surface area contributed by atoms with Gasteiger partial charge in [-0.1, -0.05) is 434 Å². The number of phosphoric ester groups is 2. The average molecular weight is 1610 g/mol. The molecule has 0 fully saturated rings. The Morgan fingerprint density at radius 3 is 0.691 bits per heavy atom. The zero-order chi connectivity index (χ0) is 80.8. The van der Waals surface area contributed by atoms with Gasteiger partial charge in [0, 0.05) is 25.7 Å². The topological polar surface area (TPSA) is 237 Å². The lowest BCUT2D eigenvalue weighted by Crippen LogP contribution is -2.30. The minimum absolute atomic E-state index is 0.108. The first-order chi connectivity index (χ1) is 53.3. The van der Waals surface area contributed by atoms with E-state index in [9.17, 15) is 43.2 Å². The number of ether oxygens (including phenoxy) is 4. The van der Waals surface area contributed by atoms with E-state index in [0.29, 0.717) is 25.7 Å². The highest BCUT2D eigenvalue weighted by Gasteiger charge is 2.31. The number of unbranched alkanes of at least 4 members (excludes halogenated alkanes) is 56. The maximum Gasteiger partial charge on any atom is 0.472 e. The van der Waals surface area contributed by atoms with Gasteiger partial charge in [-0.2, -0.15) is 0 Å². The van der Waals surface area contributed by atoms with E-state index in [2.05, 4.69) is 48.5 Å². The highest BCUT2D eigenvalue weighted by atomic mass is 31.2.